The molecule has 0 unspecified atom stereocenters. The van der Waals surface area contributed by atoms with Gasteiger partial charge in [-0.25, -0.2) is 4.99 Å². The van der Waals surface area contributed by atoms with E-state index < -0.39 is 0 Å². The number of rotatable bonds is 4. The predicted molar refractivity (Wildman–Crippen MR) is 71.1 cm³/mol. The number of aliphatic imine (C=N–C) groups is 1. The maximum Gasteiger partial charge on any atom is 0.0865 e. The van der Waals surface area contributed by atoms with Gasteiger partial charge in [-0.05, 0) is 25.2 Å². The quantitative estimate of drug-likeness (QED) is 0.760. The molecule has 0 aromatic rings. The fourth-order valence-electron chi connectivity index (χ4n) is 1.50. The lowest BCUT2D eigenvalue weighted by Crippen LogP contribution is -2.11. The van der Waals surface area contributed by atoms with Gasteiger partial charge in [-0.2, -0.15) is 0 Å². The smallest absolute Gasteiger partial charge is 0.0865 e. The van der Waals surface area contributed by atoms with Crippen LogP contribution >= 0.6 is 0 Å². The van der Waals surface area contributed by atoms with Gasteiger partial charge in [0.1, 0.15) is 0 Å². The molecule has 1 heterocycles. The van der Waals surface area contributed by atoms with Crippen molar-refractivity contribution in [2.75, 3.05) is 0 Å². The van der Waals surface area contributed by atoms with Crippen LogP contribution in [0.5, 0.6) is 0 Å². The van der Waals surface area contributed by atoms with E-state index in [1.54, 1.807) is 24.3 Å². The van der Waals surface area contributed by atoms with Gasteiger partial charge in [-0.15, -0.1) is 0 Å². The molecular weight excluding hydrogens is 196 g/mol. The Labute approximate surface area is 96.8 Å². The second-order valence-electron chi connectivity index (χ2n) is 3.28. The number of allylic oxidation sites excluding steroid dienone is 6. The molecule has 1 aliphatic rings. The Morgan fingerprint density at radius 2 is 1.69 bits per heavy atom. The van der Waals surface area contributed by atoms with Crippen molar-refractivity contribution in [2.45, 2.75) is 6.92 Å². The van der Waals surface area contributed by atoms with Crippen molar-refractivity contribution in [3.05, 3.63) is 73.3 Å². The minimum atomic E-state index is 0.751. The Kier molecular flexibility index (Phi) is 3.84. The monoisotopic (exact) mass is 212 g/mol. The number of hydrogen-bond donors (Lipinski definition) is 1. The first-order valence-corrected chi connectivity index (χ1v) is 4.98. The lowest BCUT2D eigenvalue weighted by atomic mass is 10.1. The van der Waals surface area contributed by atoms with Crippen molar-refractivity contribution >= 4 is 5.71 Å². The highest BCUT2D eigenvalue weighted by atomic mass is 14.9. The van der Waals surface area contributed by atoms with E-state index in [-0.39, 0.29) is 0 Å². The highest BCUT2D eigenvalue weighted by Crippen LogP contribution is 2.18. The molecule has 82 valence electrons. The SMILES string of the molecule is C=CC1=NC(C=C)=C(C=C)NC(C)=C1C=C. The average Bonchev–Trinajstić information content (AvgIpc) is 2.44. The molecule has 0 aliphatic carbocycles. The van der Waals surface area contributed by atoms with Crippen LogP contribution in [0, 0.1) is 0 Å². The minimum absolute atomic E-state index is 0.751. The van der Waals surface area contributed by atoms with Gasteiger partial charge >= 0.3 is 0 Å². The number of hydrogen-bond acceptors (Lipinski definition) is 2. The van der Waals surface area contributed by atoms with Gasteiger partial charge in [0.05, 0.1) is 17.1 Å². The van der Waals surface area contributed by atoms with Gasteiger partial charge in [0, 0.05) is 11.3 Å². The van der Waals surface area contributed by atoms with Gasteiger partial charge < -0.3 is 5.32 Å². The van der Waals surface area contributed by atoms with Crippen LogP contribution in [-0.2, 0) is 0 Å². The van der Waals surface area contributed by atoms with E-state index in [1.165, 1.54) is 0 Å². The summed E-state index contributed by atoms with van der Waals surface area (Å²) in [4.78, 5) is 4.46. The van der Waals surface area contributed by atoms with Crippen molar-refractivity contribution in [1.82, 2.24) is 5.32 Å². The predicted octanol–water partition coefficient (Wildman–Crippen LogP) is 3.26. The minimum Gasteiger partial charge on any atom is -0.357 e. The van der Waals surface area contributed by atoms with Crippen molar-refractivity contribution in [3.8, 4) is 0 Å². The van der Waals surface area contributed by atoms with E-state index >= 15 is 0 Å². The molecule has 2 heteroatoms. The summed E-state index contributed by atoms with van der Waals surface area (Å²) in [6.07, 6.45) is 6.87. The molecule has 0 fully saturated rings. The van der Waals surface area contributed by atoms with Crippen molar-refractivity contribution in [2.24, 2.45) is 4.99 Å². The molecule has 0 atom stereocenters. The number of nitrogens with one attached hydrogen (secondary N) is 1. The highest BCUT2D eigenvalue weighted by Gasteiger charge is 2.11. The van der Waals surface area contributed by atoms with Gasteiger partial charge in [0.2, 0.25) is 0 Å². The Bertz CT molecular complexity index is 445. The number of nitrogens with zero attached hydrogens (tertiary/aromatic N) is 1. The summed E-state index contributed by atoms with van der Waals surface area (Å²) in [6, 6.07) is 0. The van der Waals surface area contributed by atoms with Crippen LogP contribution in [0.4, 0.5) is 0 Å². The molecule has 0 amide bonds. The van der Waals surface area contributed by atoms with Gasteiger partial charge in [0.25, 0.3) is 0 Å². The summed E-state index contributed by atoms with van der Waals surface area (Å²) in [5.74, 6) is 0. The maximum atomic E-state index is 4.46. The molecule has 0 saturated heterocycles. The molecule has 0 radical (unpaired) electrons. The van der Waals surface area contributed by atoms with Crippen molar-refractivity contribution < 1.29 is 0 Å². The first kappa shape index (κ1) is 12.0. The Hall–Kier alpha value is -2.09. The summed E-state index contributed by atoms with van der Waals surface area (Å²) in [7, 11) is 0. The van der Waals surface area contributed by atoms with Crippen LogP contribution in [0.25, 0.3) is 0 Å². The van der Waals surface area contributed by atoms with Crippen LogP contribution in [-0.4, -0.2) is 5.71 Å². The first-order valence-electron chi connectivity index (χ1n) is 4.98. The third kappa shape index (κ3) is 2.11. The van der Waals surface area contributed by atoms with Gasteiger partial charge in [0.15, 0.2) is 0 Å². The summed E-state index contributed by atoms with van der Waals surface area (Å²) >= 11 is 0. The summed E-state index contributed by atoms with van der Waals surface area (Å²) in [5.41, 5.74) is 4.28. The van der Waals surface area contributed by atoms with Crippen LogP contribution < -0.4 is 5.32 Å². The second-order valence-corrected chi connectivity index (χ2v) is 3.28. The zero-order chi connectivity index (χ0) is 12.1. The summed E-state index contributed by atoms with van der Waals surface area (Å²) in [5, 5.41) is 3.23. The zero-order valence-electron chi connectivity index (χ0n) is 9.59. The van der Waals surface area contributed by atoms with Crippen LogP contribution in [0.1, 0.15) is 6.92 Å². The van der Waals surface area contributed by atoms with Crippen LogP contribution in [0.15, 0.2) is 78.3 Å². The molecule has 1 rings (SSSR count). The molecule has 0 bridgehead atoms. The second kappa shape index (κ2) is 5.12. The molecule has 16 heavy (non-hydrogen) atoms. The molecule has 0 saturated carbocycles. The summed E-state index contributed by atoms with van der Waals surface area (Å²) < 4.78 is 0. The lowest BCUT2D eigenvalue weighted by Gasteiger charge is -2.08. The standard InChI is InChI=1S/C14H16N2/c1-6-11-10(5)15-13(8-3)14(9-4)16-12(11)7-2/h6-9,15H,1-4H2,5H3. The lowest BCUT2D eigenvalue weighted by molar-refractivity contribution is 0.986. The van der Waals surface area contributed by atoms with Gasteiger partial charge in [-0.3, -0.25) is 0 Å². The fraction of sp³-hybridized carbons (Fsp3) is 0.0714. The van der Waals surface area contributed by atoms with Crippen molar-refractivity contribution in [1.29, 1.82) is 0 Å². The summed E-state index contributed by atoms with van der Waals surface area (Å²) in [6.45, 7) is 17.0. The largest absolute Gasteiger partial charge is 0.357 e. The normalized spacial score (nSPS) is 15.9. The fourth-order valence-corrected chi connectivity index (χ4v) is 1.50. The van der Waals surface area contributed by atoms with E-state index in [2.05, 4.69) is 36.6 Å². The highest BCUT2D eigenvalue weighted by molar-refractivity contribution is 6.11. The first-order chi connectivity index (χ1) is 7.67. The Balaban J connectivity index is 3.46. The van der Waals surface area contributed by atoms with E-state index in [1.807, 2.05) is 6.92 Å². The van der Waals surface area contributed by atoms with Crippen LogP contribution in [0.3, 0.4) is 0 Å². The maximum absolute atomic E-state index is 4.46. The third-order valence-electron chi connectivity index (χ3n) is 2.31. The van der Waals surface area contributed by atoms with Crippen molar-refractivity contribution in [3.63, 3.8) is 0 Å². The third-order valence-corrected chi connectivity index (χ3v) is 2.31. The topological polar surface area (TPSA) is 24.4 Å². The molecular formula is C14H16N2. The average molecular weight is 212 g/mol. The van der Waals surface area contributed by atoms with E-state index in [0.717, 1.165) is 28.4 Å². The molecule has 0 aromatic heterocycles. The Morgan fingerprint density at radius 3 is 2.12 bits per heavy atom. The van der Waals surface area contributed by atoms with E-state index in [0.29, 0.717) is 0 Å². The molecule has 1 aliphatic heterocycles. The van der Waals surface area contributed by atoms with E-state index in [9.17, 15) is 0 Å². The zero-order valence-corrected chi connectivity index (χ0v) is 9.59. The van der Waals surface area contributed by atoms with Gasteiger partial charge in [-0.1, -0.05) is 32.4 Å². The molecule has 2 nitrogen and oxygen atoms in total. The Morgan fingerprint density at radius 1 is 1.00 bits per heavy atom. The molecule has 0 spiro atoms. The van der Waals surface area contributed by atoms with Crippen LogP contribution in [0.2, 0.25) is 0 Å². The molecule has 1 N–H and O–H groups in total. The molecule has 0 aromatic carbocycles. The van der Waals surface area contributed by atoms with E-state index in [4.69, 9.17) is 0 Å².